The second-order valence-electron chi connectivity index (χ2n) is 12.1. The topological polar surface area (TPSA) is 57.2 Å². The standard InChI is InChI=1S/C30H35P.C4H4F6O3S/c1-4-10-24(11-5-1)26-16-20-29(21-17-26)31(28-14-8-3-9-15-28)30-22-18-27(19-23-30)25-12-6-2-7-13-25;1-2(5,6)3(7,8)4(9,10)14(11,12)13/h3,8-9,14-25H,1-2,4-7,10-13H2;1H3,(H,11,12,13). The molecular weight excluding hydrogens is 633 g/mol. The van der Waals surface area contributed by atoms with Gasteiger partial charge in [-0.25, -0.2) is 8.42 Å². The third-order valence-electron chi connectivity index (χ3n) is 8.85. The summed E-state index contributed by atoms with van der Waals surface area (Å²) in [5.74, 6) is -10.0. The molecule has 0 aliphatic heterocycles. The van der Waals surface area contributed by atoms with Crippen molar-refractivity contribution in [1.82, 2.24) is 0 Å². The molecule has 0 heterocycles. The van der Waals surface area contributed by atoms with Gasteiger partial charge in [0.15, 0.2) is 10.1 Å². The van der Waals surface area contributed by atoms with Gasteiger partial charge in [0.2, 0.25) is 0 Å². The summed E-state index contributed by atoms with van der Waals surface area (Å²) in [6.45, 7) is -0.619. The molecule has 0 amide bonds. The zero-order chi connectivity index (χ0) is 32.9. The Bertz CT molecular complexity index is 1400. The van der Waals surface area contributed by atoms with Gasteiger partial charge in [-0.1, -0.05) is 81.0 Å². The van der Waals surface area contributed by atoms with E-state index in [1.165, 1.54) is 80.1 Å². The third kappa shape index (κ3) is 8.30. The zero-order valence-electron chi connectivity index (χ0n) is 25.1. The number of hydrogen-bond acceptors (Lipinski definition) is 3. The Morgan fingerprint density at radius 1 is 0.600 bits per heavy atom. The molecule has 3 aromatic rings. The fraction of sp³-hybridized carbons (Fsp3) is 0.471. The van der Waals surface area contributed by atoms with Gasteiger partial charge in [0.1, 0.15) is 15.9 Å². The summed E-state index contributed by atoms with van der Waals surface area (Å²) in [7, 11) is -7.83. The Labute approximate surface area is 263 Å². The van der Waals surface area contributed by atoms with Crippen molar-refractivity contribution in [3.63, 3.8) is 0 Å². The van der Waals surface area contributed by atoms with Gasteiger partial charge in [0.25, 0.3) is 0 Å². The summed E-state index contributed by atoms with van der Waals surface area (Å²) in [6, 6.07) is 30.7. The van der Waals surface area contributed by atoms with Gasteiger partial charge < -0.3 is 4.55 Å². The van der Waals surface area contributed by atoms with E-state index in [0.717, 1.165) is 11.8 Å². The lowest BCUT2D eigenvalue weighted by Crippen LogP contribution is -2.56. The molecule has 246 valence electrons. The molecule has 2 aliphatic rings. The lowest BCUT2D eigenvalue weighted by molar-refractivity contribution is -0.273. The van der Waals surface area contributed by atoms with Crippen LogP contribution in [-0.4, -0.2) is 30.1 Å². The molecule has 2 saturated carbocycles. The molecule has 0 saturated heterocycles. The first-order chi connectivity index (χ1) is 21.1. The molecule has 0 aromatic heterocycles. The molecule has 0 N–H and O–H groups in total. The lowest BCUT2D eigenvalue weighted by Gasteiger charge is -2.31. The molecular formula is C34H39F6O3PS. The van der Waals surface area contributed by atoms with Crippen molar-refractivity contribution in [2.24, 2.45) is 0 Å². The number of rotatable bonds is 8. The number of alkyl halides is 6. The third-order valence-corrected chi connectivity index (χ3v) is 12.5. The van der Waals surface area contributed by atoms with Gasteiger partial charge >= 0.3 is 17.1 Å². The van der Waals surface area contributed by atoms with E-state index in [4.69, 9.17) is 0 Å². The van der Waals surface area contributed by atoms with E-state index >= 15 is 0 Å². The molecule has 3 aromatic carbocycles. The maximum Gasteiger partial charge on any atom is 0.402 e. The fourth-order valence-electron chi connectivity index (χ4n) is 6.23. The first-order valence-electron chi connectivity index (χ1n) is 15.4. The van der Waals surface area contributed by atoms with Crippen LogP contribution in [0.3, 0.4) is 0 Å². The average molecular weight is 673 g/mol. The van der Waals surface area contributed by atoms with Crippen LogP contribution in [0.2, 0.25) is 0 Å². The largest absolute Gasteiger partial charge is 0.743 e. The van der Waals surface area contributed by atoms with Crippen molar-refractivity contribution in [2.45, 2.75) is 100 Å². The second-order valence-corrected chi connectivity index (χ2v) is 16.0. The van der Waals surface area contributed by atoms with Crippen LogP contribution in [0.15, 0.2) is 78.9 Å². The Hall–Kier alpha value is -2.42. The molecule has 0 bridgehead atoms. The SMILES string of the molecule is CC(F)(F)C(F)(F)C(F)(F)S(=O)(=O)[O-].c1ccc([PH+](c2ccc(C3CCCCC3)cc2)c2ccc(C3CCCCC3)cc2)cc1. The van der Waals surface area contributed by atoms with Crippen LogP contribution in [0.1, 0.15) is 94.1 Å². The summed E-state index contributed by atoms with van der Waals surface area (Å²) >= 11 is 0. The van der Waals surface area contributed by atoms with Crippen molar-refractivity contribution >= 4 is 34.0 Å². The Morgan fingerprint density at radius 3 is 1.27 bits per heavy atom. The molecule has 45 heavy (non-hydrogen) atoms. The van der Waals surface area contributed by atoms with Crippen LogP contribution in [0.5, 0.6) is 0 Å². The van der Waals surface area contributed by atoms with Crippen molar-refractivity contribution in [3.8, 4) is 0 Å². The summed E-state index contributed by atoms with van der Waals surface area (Å²) in [5, 5.41) is -1.83. The minimum atomic E-state index is -6.86. The van der Waals surface area contributed by atoms with Crippen LogP contribution in [-0.2, 0) is 10.1 Å². The van der Waals surface area contributed by atoms with Crippen LogP contribution in [0, 0.1) is 0 Å². The summed E-state index contributed by atoms with van der Waals surface area (Å²) < 4.78 is 101. The van der Waals surface area contributed by atoms with Gasteiger partial charge in [-0.05, 0) is 85.0 Å². The monoisotopic (exact) mass is 672 g/mol. The Balaban J connectivity index is 0.000000280. The maximum absolute atomic E-state index is 12.1. The molecule has 2 aliphatic carbocycles. The smallest absolute Gasteiger partial charge is 0.402 e. The molecule has 5 rings (SSSR count). The predicted octanol–water partition coefficient (Wildman–Crippen LogP) is 8.69. The average Bonchev–Trinajstić information content (AvgIpc) is 3.02. The van der Waals surface area contributed by atoms with E-state index in [1.54, 1.807) is 11.1 Å². The van der Waals surface area contributed by atoms with Crippen LogP contribution >= 0.6 is 7.92 Å². The van der Waals surface area contributed by atoms with E-state index in [1.807, 2.05) is 0 Å². The molecule has 0 spiro atoms. The summed E-state index contributed by atoms with van der Waals surface area (Å²) in [4.78, 5) is 0. The van der Waals surface area contributed by atoms with E-state index < -0.39 is 42.1 Å². The summed E-state index contributed by atoms with van der Waals surface area (Å²) in [5.41, 5.74) is 3.12. The van der Waals surface area contributed by atoms with Gasteiger partial charge in [0, 0.05) is 6.92 Å². The van der Waals surface area contributed by atoms with Crippen molar-refractivity contribution in [2.75, 3.05) is 0 Å². The highest BCUT2D eigenvalue weighted by Crippen LogP contribution is 2.47. The molecule has 2 fully saturated rings. The first kappa shape index (κ1) is 35.4. The van der Waals surface area contributed by atoms with E-state index in [-0.39, 0.29) is 0 Å². The Morgan fingerprint density at radius 2 is 0.956 bits per heavy atom. The van der Waals surface area contributed by atoms with Gasteiger partial charge in [-0.2, -0.15) is 26.3 Å². The van der Waals surface area contributed by atoms with E-state index in [9.17, 15) is 39.3 Å². The lowest BCUT2D eigenvalue weighted by atomic mass is 9.84. The van der Waals surface area contributed by atoms with E-state index in [0.29, 0.717) is 0 Å². The highest BCUT2D eigenvalue weighted by atomic mass is 32.2. The molecule has 3 nitrogen and oxygen atoms in total. The van der Waals surface area contributed by atoms with Gasteiger partial charge in [-0.3, -0.25) is 0 Å². The Kier molecular flexibility index (Phi) is 11.5. The number of benzene rings is 3. The highest BCUT2D eigenvalue weighted by Gasteiger charge is 2.72. The molecule has 0 atom stereocenters. The molecule has 11 heteroatoms. The second kappa shape index (κ2) is 14.6. The van der Waals surface area contributed by atoms with Crippen molar-refractivity contribution in [1.29, 1.82) is 0 Å². The minimum absolute atomic E-state index is 0.619. The quantitative estimate of drug-likeness (QED) is 0.137. The molecule has 0 unspecified atom stereocenters. The van der Waals surface area contributed by atoms with Crippen LogP contribution < -0.4 is 15.9 Å². The van der Waals surface area contributed by atoms with Crippen molar-refractivity contribution in [3.05, 3.63) is 90.0 Å². The van der Waals surface area contributed by atoms with Gasteiger partial charge in [0.05, 0.1) is 7.92 Å². The van der Waals surface area contributed by atoms with Crippen molar-refractivity contribution < 1.29 is 39.3 Å². The van der Waals surface area contributed by atoms with E-state index in [2.05, 4.69) is 78.9 Å². The fourth-order valence-corrected chi connectivity index (χ4v) is 9.25. The zero-order valence-corrected chi connectivity index (χ0v) is 26.9. The predicted molar refractivity (Wildman–Crippen MR) is 168 cm³/mol. The van der Waals surface area contributed by atoms with Crippen LogP contribution in [0.4, 0.5) is 26.3 Å². The summed E-state index contributed by atoms with van der Waals surface area (Å²) in [6.07, 6.45) is 13.9. The molecule has 0 radical (unpaired) electrons. The highest BCUT2D eigenvalue weighted by molar-refractivity contribution is 7.86. The number of halogens is 6. The normalized spacial score (nSPS) is 17.5. The minimum Gasteiger partial charge on any atom is -0.743 e. The number of hydrogen-bond donors (Lipinski definition) is 0. The van der Waals surface area contributed by atoms with Gasteiger partial charge in [-0.15, -0.1) is 0 Å². The first-order valence-corrected chi connectivity index (χ1v) is 18.3. The maximum atomic E-state index is 12.1. The van der Waals surface area contributed by atoms with Crippen LogP contribution in [0.25, 0.3) is 0 Å².